The van der Waals surface area contributed by atoms with E-state index in [4.69, 9.17) is 10.5 Å². The van der Waals surface area contributed by atoms with Gasteiger partial charge in [0.25, 0.3) is 5.91 Å². The number of amides is 1. The first-order valence-electron chi connectivity index (χ1n) is 8.05. The number of rotatable bonds is 9. The van der Waals surface area contributed by atoms with Crippen molar-refractivity contribution >= 4 is 15.9 Å². The van der Waals surface area contributed by atoms with Crippen molar-refractivity contribution in [1.29, 1.82) is 10.5 Å². The zero-order valence-electron chi connectivity index (χ0n) is 14.5. The van der Waals surface area contributed by atoms with Gasteiger partial charge in [-0.05, 0) is 18.2 Å². The minimum Gasteiger partial charge on any atom is -0.337 e. The second kappa shape index (κ2) is 9.77. The van der Waals surface area contributed by atoms with Gasteiger partial charge in [0.05, 0.1) is 29.9 Å². The molecule has 1 amide bonds. The summed E-state index contributed by atoms with van der Waals surface area (Å²) in [6.07, 6.45) is 0.295. The molecule has 134 valence electrons. The molecule has 1 aromatic rings. The van der Waals surface area contributed by atoms with Gasteiger partial charge in [0, 0.05) is 31.7 Å². The standard InChI is InChI=1S/C17H22N4O3S/c1-3-21(4-2)25(23,24)16-9-5-8-15(14-16)17(22)20(12-6-10-18)13-7-11-19/h5,8-9,14H,3-4,6-7,12-13H2,1-2H3. The van der Waals surface area contributed by atoms with Gasteiger partial charge in [-0.15, -0.1) is 0 Å². The Morgan fingerprint density at radius 1 is 1.08 bits per heavy atom. The van der Waals surface area contributed by atoms with Crippen LogP contribution < -0.4 is 0 Å². The van der Waals surface area contributed by atoms with Crippen LogP contribution in [0.15, 0.2) is 29.2 Å². The highest BCUT2D eigenvalue weighted by Gasteiger charge is 2.23. The van der Waals surface area contributed by atoms with E-state index in [1.54, 1.807) is 13.8 Å². The molecule has 1 aromatic carbocycles. The number of carbonyl (C=O) groups excluding carboxylic acids is 1. The maximum Gasteiger partial charge on any atom is 0.253 e. The Kier molecular flexibility index (Phi) is 8.06. The first-order chi connectivity index (χ1) is 11.9. The summed E-state index contributed by atoms with van der Waals surface area (Å²) in [6, 6.07) is 9.80. The first-order valence-corrected chi connectivity index (χ1v) is 9.49. The van der Waals surface area contributed by atoms with Crippen molar-refractivity contribution in [3.05, 3.63) is 29.8 Å². The highest BCUT2D eigenvalue weighted by molar-refractivity contribution is 7.89. The quantitative estimate of drug-likeness (QED) is 0.668. The topological polar surface area (TPSA) is 105 Å². The number of nitriles is 2. The summed E-state index contributed by atoms with van der Waals surface area (Å²) in [5.41, 5.74) is 0.226. The Morgan fingerprint density at radius 3 is 2.12 bits per heavy atom. The van der Waals surface area contributed by atoms with Crippen LogP contribution in [0.2, 0.25) is 0 Å². The zero-order valence-corrected chi connectivity index (χ0v) is 15.3. The van der Waals surface area contributed by atoms with E-state index in [0.717, 1.165) is 0 Å². The third-order valence-electron chi connectivity index (χ3n) is 3.70. The van der Waals surface area contributed by atoms with Gasteiger partial charge in [-0.25, -0.2) is 8.42 Å². The minimum absolute atomic E-state index is 0.0579. The number of nitrogens with zero attached hydrogens (tertiary/aromatic N) is 4. The highest BCUT2D eigenvalue weighted by Crippen LogP contribution is 2.18. The molecule has 0 unspecified atom stereocenters. The summed E-state index contributed by atoms with van der Waals surface area (Å²) in [5.74, 6) is -0.387. The highest BCUT2D eigenvalue weighted by atomic mass is 32.2. The molecule has 0 radical (unpaired) electrons. The van der Waals surface area contributed by atoms with E-state index in [1.165, 1.54) is 33.5 Å². The van der Waals surface area contributed by atoms with Gasteiger partial charge >= 0.3 is 0 Å². The molecule has 0 bridgehead atoms. The van der Waals surface area contributed by atoms with E-state index < -0.39 is 10.0 Å². The fourth-order valence-corrected chi connectivity index (χ4v) is 3.87. The molecule has 0 fully saturated rings. The van der Waals surface area contributed by atoms with Crippen LogP contribution in [0.25, 0.3) is 0 Å². The molecule has 0 heterocycles. The summed E-state index contributed by atoms with van der Waals surface area (Å²) in [4.78, 5) is 14.1. The Morgan fingerprint density at radius 2 is 1.64 bits per heavy atom. The molecule has 1 rings (SSSR count). The lowest BCUT2D eigenvalue weighted by Crippen LogP contribution is -2.33. The van der Waals surface area contributed by atoms with Crippen molar-refractivity contribution < 1.29 is 13.2 Å². The smallest absolute Gasteiger partial charge is 0.253 e. The van der Waals surface area contributed by atoms with Gasteiger partial charge in [0.15, 0.2) is 0 Å². The summed E-state index contributed by atoms with van der Waals surface area (Å²) < 4.78 is 26.5. The van der Waals surface area contributed by atoms with Crippen LogP contribution in [0.1, 0.15) is 37.0 Å². The summed E-state index contributed by atoms with van der Waals surface area (Å²) >= 11 is 0. The molecule has 0 saturated carbocycles. The predicted octanol–water partition coefficient (Wildman–Crippen LogP) is 1.99. The first kappa shape index (κ1) is 20.6. The Balaban J connectivity index is 3.15. The fraction of sp³-hybridized carbons (Fsp3) is 0.471. The summed E-state index contributed by atoms with van der Waals surface area (Å²) in [7, 11) is -3.66. The zero-order chi connectivity index (χ0) is 18.9. The SMILES string of the molecule is CCN(CC)S(=O)(=O)c1cccc(C(=O)N(CCC#N)CCC#N)c1. The summed E-state index contributed by atoms with van der Waals surface area (Å²) in [6.45, 7) is 4.58. The molecule has 0 aliphatic rings. The normalized spacial score (nSPS) is 10.9. The van der Waals surface area contributed by atoms with Gasteiger partial charge in [0.2, 0.25) is 10.0 Å². The fourth-order valence-electron chi connectivity index (χ4n) is 2.37. The molecular formula is C17H22N4O3S. The van der Waals surface area contributed by atoms with Crippen LogP contribution in [0.5, 0.6) is 0 Å². The van der Waals surface area contributed by atoms with E-state index in [9.17, 15) is 13.2 Å². The van der Waals surface area contributed by atoms with Gasteiger partial charge in [-0.1, -0.05) is 19.9 Å². The third-order valence-corrected chi connectivity index (χ3v) is 5.74. The molecule has 0 aliphatic carbocycles. The average Bonchev–Trinajstić information content (AvgIpc) is 2.62. The maximum atomic E-state index is 12.6. The Bertz CT molecular complexity index is 756. The van der Waals surface area contributed by atoms with Crippen LogP contribution in [0, 0.1) is 22.7 Å². The molecule has 0 N–H and O–H groups in total. The van der Waals surface area contributed by atoms with Gasteiger partial charge < -0.3 is 4.90 Å². The van der Waals surface area contributed by atoms with Crippen LogP contribution in [-0.2, 0) is 10.0 Å². The molecule has 0 atom stereocenters. The monoisotopic (exact) mass is 362 g/mol. The molecule has 25 heavy (non-hydrogen) atoms. The predicted molar refractivity (Wildman–Crippen MR) is 92.9 cm³/mol. The van der Waals surface area contributed by atoms with E-state index in [2.05, 4.69) is 0 Å². The molecule has 0 aliphatic heterocycles. The van der Waals surface area contributed by atoms with Crippen LogP contribution in [0.4, 0.5) is 0 Å². The van der Waals surface area contributed by atoms with Crippen molar-refractivity contribution in [3.63, 3.8) is 0 Å². The largest absolute Gasteiger partial charge is 0.337 e. The maximum absolute atomic E-state index is 12.6. The van der Waals surface area contributed by atoms with Crippen LogP contribution >= 0.6 is 0 Å². The molecule has 8 heteroatoms. The lowest BCUT2D eigenvalue weighted by Gasteiger charge is -2.22. The van der Waals surface area contributed by atoms with E-state index in [-0.39, 0.29) is 42.3 Å². The van der Waals surface area contributed by atoms with Crippen molar-refractivity contribution in [3.8, 4) is 12.1 Å². The number of hydrogen-bond acceptors (Lipinski definition) is 5. The molecular weight excluding hydrogens is 340 g/mol. The van der Waals surface area contributed by atoms with Crippen LogP contribution in [-0.4, -0.2) is 49.7 Å². The molecule has 0 aromatic heterocycles. The van der Waals surface area contributed by atoms with Crippen molar-refractivity contribution in [2.75, 3.05) is 26.2 Å². The number of hydrogen-bond donors (Lipinski definition) is 0. The lowest BCUT2D eigenvalue weighted by atomic mass is 10.2. The number of sulfonamides is 1. The van der Waals surface area contributed by atoms with Gasteiger partial charge in [-0.2, -0.15) is 14.8 Å². The molecule has 7 nitrogen and oxygen atoms in total. The summed E-state index contributed by atoms with van der Waals surface area (Å²) in [5, 5.41) is 17.4. The number of benzene rings is 1. The van der Waals surface area contributed by atoms with Gasteiger partial charge in [-0.3, -0.25) is 4.79 Å². The minimum atomic E-state index is -3.66. The Hall–Kier alpha value is -2.42. The average molecular weight is 362 g/mol. The second-order valence-corrected chi connectivity index (χ2v) is 7.16. The lowest BCUT2D eigenvalue weighted by molar-refractivity contribution is 0.0762. The third kappa shape index (κ3) is 5.28. The molecule has 0 saturated heterocycles. The van der Waals surface area contributed by atoms with Gasteiger partial charge in [0.1, 0.15) is 0 Å². The van der Waals surface area contributed by atoms with Crippen molar-refractivity contribution in [2.24, 2.45) is 0 Å². The van der Waals surface area contributed by atoms with Crippen LogP contribution in [0.3, 0.4) is 0 Å². The van der Waals surface area contributed by atoms with E-state index in [1.807, 2.05) is 12.1 Å². The Labute approximate surface area is 149 Å². The van der Waals surface area contributed by atoms with Crippen molar-refractivity contribution in [2.45, 2.75) is 31.6 Å². The molecule has 0 spiro atoms. The van der Waals surface area contributed by atoms with E-state index in [0.29, 0.717) is 13.1 Å². The van der Waals surface area contributed by atoms with E-state index >= 15 is 0 Å². The second-order valence-electron chi connectivity index (χ2n) is 5.23. The van der Waals surface area contributed by atoms with Crippen molar-refractivity contribution in [1.82, 2.24) is 9.21 Å². The number of carbonyl (C=O) groups is 1.